The molecule has 1 aromatic carbocycles. The smallest absolute Gasteiger partial charge is 0.345 e. The van der Waals surface area contributed by atoms with Crippen molar-refractivity contribution < 1.29 is 14.3 Å². The first-order valence-corrected chi connectivity index (χ1v) is 4.09. The normalized spacial score (nSPS) is 16.0. The number of fused-ring (bicyclic) bond motifs is 6. The van der Waals surface area contributed by atoms with E-state index in [9.17, 15) is 9.59 Å². The zero-order valence-corrected chi connectivity index (χ0v) is 6.95. The third-order valence-corrected chi connectivity index (χ3v) is 2.01. The topological polar surface area (TPSA) is 43.4 Å². The highest BCUT2D eigenvalue weighted by Gasteiger charge is 2.15. The first-order chi connectivity index (χ1) is 6.25. The molecule has 3 nitrogen and oxygen atoms in total. The quantitative estimate of drug-likeness (QED) is 0.442. The van der Waals surface area contributed by atoms with E-state index in [4.69, 9.17) is 0 Å². The lowest BCUT2D eigenvalue weighted by Gasteiger charge is -1.97. The Morgan fingerprint density at radius 2 is 1.69 bits per heavy atom. The average molecular weight is 176 g/mol. The van der Waals surface area contributed by atoms with Crippen molar-refractivity contribution in [2.75, 3.05) is 0 Å². The Morgan fingerprint density at radius 1 is 1.00 bits per heavy atom. The standard InChI is InChI=1S/C10H8O3/c11-9-6-3-7-1-4-8(5-2-7)10(12)13-9/h1-2,4-5H,3,6H2. The zero-order chi connectivity index (χ0) is 9.26. The van der Waals surface area contributed by atoms with Crippen LogP contribution in [0.5, 0.6) is 0 Å². The van der Waals surface area contributed by atoms with Gasteiger partial charge in [-0.15, -0.1) is 0 Å². The van der Waals surface area contributed by atoms with Crippen molar-refractivity contribution in [3.8, 4) is 0 Å². The van der Waals surface area contributed by atoms with Gasteiger partial charge in [0.2, 0.25) is 0 Å². The molecule has 3 heteroatoms. The van der Waals surface area contributed by atoms with Gasteiger partial charge >= 0.3 is 11.9 Å². The second-order valence-corrected chi connectivity index (χ2v) is 2.96. The van der Waals surface area contributed by atoms with Crippen molar-refractivity contribution in [1.82, 2.24) is 0 Å². The Kier molecular flexibility index (Phi) is 1.85. The predicted octanol–water partition coefficient (Wildman–Crippen LogP) is 1.32. The van der Waals surface area contributed by atoms with E-state index >= 15 is 0 Å². The molecule has 0 aliphatic carbocycles. The molecule has 0 unspecified atom stereocenters. The van der Waals surface area contributed by atoms with Crippen LogP contribution in [0.3, 0.4) is 0 Å². The largest absolute Gasteiger partial charge is 0.389 e. The Morgan fingerprint density at radius 3 is 2.38 bits per heavy atom. The number of esters is 2. The lowest BCUT2D eigenvalue weighted by Crippen LogP contribution is -2.11. The summed E-state index contributed by atoms with van der Waals surface area (Å²) in [4.78, 5) is 22.2. The fourth-order valence-electron chi connectivity index (χ4n) is 1.27. The van der Waals surface area contributed by atoms with Gasteiger partial charge in [-0.05, 0) is 24.1 Å². The van der Waals surface area contributed by atoms with Gasteiger partial charge in [-0.3, -0.25) is 4.79 Å². The summed E-state index contributed by atoms with van der Waals surface area (Å²) in [5.41, 5.74) is 1.48. The highest BCUT2D eigenvalue weighted by atomic mass is 16.6. The summed E-state index contributed by atoms with van der Waals surface area (Å²) in [6.45, 7) is 0. The first kappa shape index (κ1) is 7.98. The lowest BCUT2D eigenvalue weighted by molar-refractivity contribution is -0.137. The van der Waals surface area contributed by atoms with Crippen molar-refractivity contribution in [2.45, 2.75) is 12.8 Å². The molecule has 3 rings (SSSR count). The SMILES string of the molecule is O=C1CCc2ccc(cc2)C(=O)O1. The number of carbonyl (C=O) groups excluding carboxylic acids is 2. The minimum Gasteiger partial charge on any atom is -0.389 e. The van der Waals surface area contributed by atoms with Crippen molar-refractivity contribution >= 4 is 11.9 Å². The lowest BCUT2D eigenvalue weighted by atomic mass is 10.1. The maximum Gasteiger partial charge on any atom is 0.345 e. The van der Waals surface area contributed by atoms with Gasteiger partial charge in [0.1, 0.15) is 0 Å². The van der Waals surface area contributed by atoms with Crippen molar-refractivity contribution in [3.63, 3.8) is 0 Å². The van der Waals surface area contributed by atoms with Crippen LogP contribution in [-0.2, 0) is 16.0 Å². The van der Waals surface area contributed by atoms with Gasteiger partial charge < -0.3 is 4.74 Å². The summed E-state index contributed by atoms with van der Waals surface area (Å²) in [7, 11) is 0. The molecular formula is C10H8O3. The molecule has 0 saturated heterocycles. The van der Waals surface area contributed by atoms with Crippen LogP contribution in [0.25, 0.3) is 0 Å². The van der Waals surface area contributed by atoms with E-state index in [1.54, 1.807) is 12.1 Å². The number of aryl methyl sites for hydroxylation is 1. The van der Waals surface area contributed by atoms with Crippen LogP contribution < -0.4 is 0 Å². The minimum atomic E-state index is -0.557. The fourth-order valence-corrected chi connectivity index (χ4v) is 1.27. The maximum absolute atomic E-state index is 11.2. The Bertz CT molecular complexity index is 351. The number of carbonyl (C=O) groups is 2. The van der Waals surface area contributed by atoms with Crippen LogP contribution in [0, 0.1) is 0 Å². The predicted molar refractivity (Wildman–Crippen MR) is 45.2 cm³/mol. The van der Waals surface area contributed by atoms with Crippen molar-refractivity contribution in [1.29, 1.82) is 0 Å². The van der Waals surface area contributed by atoms with Crippen LogP contribution in [0.4, 0.5) is 0 Å². The summed E-state index contributed by atoms with van der Waals surface area (Å²) in [5.74, 6) is -1.01. The molecule has 1 aromatic rings. The second-order valence-electron chi connectivity index (χ2n) is 2.96. The van der Waals surface area contributed by atoms with E-state index in [2.05, 4.69) is 4.74 Å². The Balaban J connectivity index is 2.41. The molecule has 2 aliphatic heterocycles. The minimum absolute atomic E-state index is 0.267. The molecule has 0 amide bonds. The molecule has 0 spiro atoms. The molecule has 0 aromatic heterocycles. The monoisotopic (exact) mass is 176 g/mol. The van der Waals surface area contributed by atoms with E-state index in [1.807, 2.05) is 12.1 Å². The molecule has 0 atom stereocenters. The van der Waals surface area contributed by atoms with E-state index in [-0.39, 0.29) is 6.42 Å². The molecule has 0 saturated carbocycles. The van der Waals surface area contributed by atoms with E-state index in [1.165, 1.54) is 0 Å². The zero-order valence-electron chi connectivity index (χ0n) is 6.95. The van der Waals surface area contributed by atoms with Crippen LogP contribution in [0.15, 0.2) is 24.3 Å². The summed E-state index contributed by atoms with van der Waals surface area (Å²) < 4.78 is 4.57. The molecule has 2 aliphatic rings. The van der Waals surface area contributed by atoms with Crippen molar-refractivity contribution in [3.05, 3.63) is 35.4 Å². The molecule has 2 bridgehead atoms. The van der Waals surface area contributed by atoms with Gasteiger partial charge in [0.25, 0.3) is 0 Å². The molecule has 0 N–H and O–H groups in total. The van der Waals surface area contributed by atoms with Gasteiger partial charge in [-0.25, -0.2) is 4.79 Å². The molecule has 66 valence electrons. The Labute approximate surface area is 75.3 Å². The molecule has 0 fully saturated rings. The van der Waals surface area contributed by atoms with Crippen LogP contribution in [0.2, 0.25) is 0 Å². The average Bonchev–Trinajstić information content (AvgIpc) is 2.23. The molecule has 2 heterocycles. The highest BCUT2D eigenvalue weighted by Crippen LogP contribution is 2.11. The van der Waals surface area contributed by atoms with Gasteiger partial charge in [0.05, 0.1) is 12.0 Å². The summed E-state index contributed by atoms with van der Waals surface area (Å²) >= 11 is 0. The van der Waals surface area contributed by atoms with E-state index < -0.39 is 11.9 Å². The second kappa shape index (κ2) is 3.01. The van der Waals surface area contributed by atoms with Crippen LogP contribution in [-0.4, -0.2) is 11.9 Å². The summed E-state index contributed by atoms with van der Waals surface area (Å²) in [5, 5.41) is 0. The maximum atomic E-state index is 11.2. The molecule has 0 radical (unpaired) electrons. The van der Waals surface area contributed by atoms with Crippen LogP contribution >= 0.6 is 0 Å². The molecule has 13 heavy (non-hydrogen) atoms. The van der Waals surface area contributed by atoms with Crippen LogP contribution in [0.1, 0.15) is 22.3 Å². The van der Waals surface area contributed by atoms with Crippen molar-refractivity contribution in [2.24, 2.45) is 0 Å². The fraction of sp³-hybridized carbons (Fsp3) is 0.200. The number of benzene rings is 1. The number of ether oxygens (including phenoxy) is 1. The van der Waals surface area contributed by atoms with E-state index in [0.717, 1.165) is 5.56 Å². The summed E-state index contributed by atoms with van der Waals surface area (Å²) in [6, 6.07) is 7.04. The number of hydrogen-bond donors (Lipinski definition) is 0. The molecular weight excluding hydrogens is 168 g/mol. The van der Waals surface area contributed by atoms with Gasteiger partial charge in [0, 0.05) is 0 Å². The highest BCUT2D eigenvalue weighted by molar-refractivity contribution is 5.97. The summed E-state index contributed by atoms with van der Waals surface area (Å²) in [6.07, 6.45) is 0.898. The number of hydrogen-bond acceptors (Lipinski definition) is 3. The van der Waals surface area contributed by atoms with Gasteiger partial charge in [0.15, 0.2) is 0 Å². The number of rotatable bonds is 0. The third kappa shape index (κ3) is 1.59. The van der Waals surface area contributed by atoms with Gasteiger partial charge in [-0.1, -0.05) is 12.1 Å². The first-order valence-electron chi connectivity index (χ1n) is 4.09. The van der Waals surface area contributed by atoms with E-state index in [0.29, 0.717) is 12.0 Å². The van der Waals surface area contributed by atoms with Gasteiger partial charge in [-0.2, -0.15) is 0 Å². The third-order valence-electron chi connectivity index (χ3n) is 2.01. The Hall–Kier alpha value is -1.64.